The second-order valence-electron chi connectivity index (χ2n) is 5.43. The molecule has 0 aliphatic carbocycles. The van der Waals surface area contributed by atoms with Crippen LogP contribution in [-0.4, -0.2) is 23.2 Å². The van der Waals surface area contributed by atoms with Crippen molar-refractivity contribution in [2.45, 2.75) is 27.2 Å². The Bertz CT molecular complexity index is 749. The number of Topliss-reactive ketones (excluding diaryl/α,β-unsaturated/α-hetero) is 1. The molecule has 0 bridgehead atoms. The summed E-state index contributed by atoms with van der Waals surface area (Å²) in [5.41, 5.74) is 7.80. The third-order valence-electron chi connectivity index (χ3n) is 3.13. The van der Waals surface area contributed by atoms with E-state index in [9.17, 15) is 9.18 Å². The highest BCUT2D eigenvalue weighted by molar-refractivity contribution is 6.68. The van der Waals surface area contributed by atoms with Gasteiger partial charge < -0.3 is 11.1 Å². The van der Waals surface area contributed by atoms with Crippen molar-refractivity contribution < 1.29 is 9.18 Å². The largest absolute Gasteiger partial charge is 0.402 e. The van der Waals surface area contributed by atoms with Crippen molar-refractivity contribution in [2.24, 2.45) is 10.7 Å². The number of carbonyl (C=O) groups is 1. The highest BCUT2D eigenvalue weighted by Gasteiger charge is 2.11. The van der Waals surface area contributed by atoms with Gasteiger partial charge in [-0.3, -0.25) is 15.2 Å². The zero-order valence-electron chi connectivity index (χ0n) is 14.5. The maximum absolute atomic E-state index is 13.4. The van der Waals surface area contributed by atoms with Crippen LogP contribution in [0.15, 0.2) is 46.7 Å². The first-order valence-corrected chi connectivity index (χ1v) is 8.11. The molecule has 0 radical (unpaired) electrons. The van der Waals surface area contributed by atoms with Gasteiger partial charge in [-0.05, 0) is 45.0 Å². The summed E-state index contributed by atoms with van der Waals surface area (Å²) in [6.07, 6.45) is 3.51. The first-order valence-electron chi connectivity index (χ1n) is 7.73. The van der Waals surface area contributed by atoms with Crippen LogP contribution in [0.25, 0.3) is 0 Å². The van der Waals surface area contributed by atoms with E-state index in [0.717, 1.165) is 6.07 Å². The number of aliphatic imine (C=N–C) groups is 1. The van der Waals surface area contributed by atoms with E-state index in [1.807, 2.05) is 6.92 Å². The fraction of sp³-hybridized carbons (Fsp3) is 0.278. The van der Waals surface area contributed by atoms with Gasteiger partial charge in [0.1, 0.15) is 11.0 Å². The number of allylic oxidation sites excluding steroid dienone is 3. The number of nitrogens with zero attached hydrogens (tertiary/aromatic N) is 1. The predicted molar refractivity (Wildman–Crippen MR) is 101 cm³/mol. The van der Waals surface area contributed by atoms with E-state index in [4.69, 9.17) is 22.7 Å². The van der Waals surface area contributed by atoms with Crippen molar-refractivity contribution in [2.75, 3.05) is 6.54 Å². The molecule has 134 valence electrons. The lowest BCUT2D eigenvalue weighted by atomic mass is 10.1. The SMILES string of the molecule is CCN/C=C(/CC(C=C(C)N)=Nc1ccc(F)cc1C(C)=O)C(=N)Cl. The molecule has 1 aromatic rings. The molecular formula is C18H22ClFN4O. The molecule has 0 amide bonds. The number of rotatable bonds is 8. The smallest absolute Gasteiger partial charge is 0.162 e. The molecule has 0 fully saturated rings. The minimum Gasteiger partial charge on any atom is -0.402 e. The van der Waals surface area contributed by atoms with Gasteiger partial charge in [0.2, 0.25) is 0 Å². The number of nitrogens with two attached hydrogens (primary N) is 1. The van der Waals surface area contributed by atoms with Crippen LogP contribution >= 0.6 is 11.6 Å². The highest BCUT2D eigenvalue weighted by Crippen LogP contribution is 2.23. The summed E-state index contributed by atoms with van der Waals surface area (Å²) >= 11 is 5.83. The van der Waals surface area contributed by atoms with Gasteiger partial charge in [-0.15, -0.1) is 0 Å². The minimum atomic E-state index is -0.508. The Morgan fingerprint density at radius 2 is 2.12 bits per heavy atom. The summed E-state index contributed by atoms with van der Waals surface area (Å²) in [5, 5.41) is 10.5. The maximum atomic E-state index is 13.4. The summed E-state index contributed by atoms with van der Waals surface area (Å²) in [4.78, 5) is 16.2. The molecule has 7 heteroatoms. The molecule has 4 N–H and O–H groups in total. The van der Waals surface area contributed by atoms with Gasteiger partial charge in [0.25, 0.3) is 0 Å². The standard InChI is InChI=1S/C18H22ClFN4O/c1-4-23-10-13(18(19)22)8-15(7-11(2)21)24-17-6-5-14(20)9-16(17)12(3)25/h5-7,9-10,22-23H,4,8,21H2,1-3H3/b11-7?,13-10-,22-18?,24-15?. The Balaban J connectivity index is 3.37. The number of nitrogens with one attached hydrogen (secondary N) is 2. The van der Waals surface area contributed by atoms with Gasteiger partial charge in [0.15, 0.2) is 5.78 Å². The van der Waals surface area contributed by atoms with Gasteiger partial charge in [0.05, 0.1) is 5.69 Å². The summed E-state index contributed by atoms with van der Waals surface area (Å²) in [6, 6.07) is 3.82. The molecule has 0 saturated heterocycles. The number of benzene rings is 1. The average Bonchev–Trinajstić information content (AvgIpc) is 2.51. The summed E-state index contributed by atoms with van der Waals surface area (Å²) < 4.78 is 13.4. The van der Waals surface area contributed by atoms with E-state index in [0.29, 0.717) is 29.2 Å². The number of ketones is 1. The van der Waals surface area contributed by atoms with Crippen LogP contribution in [0.4, 0.5) is 10.1 Å². The topological polar surface area (TPSA) is 91.3 Å². The molecule has 1 rings (SSSR count). The summed E-state index contributed by atoms with van der Waals surface area (Å²) in [5.74, 6) is -0.800. The zero-order valence-corrected chi connectivity index (χ0v) is 15.2. The van der Waals surface area contributed by atoms with E-state index in [2.05, 4.69) is 10.3 Å². The third-order valence-corrected chi connectivity index (χ3v) is 3.37. The number of hydrogen-bond acceptors (Lipinski definition) is 5. The predicted octanol–water partition coefficient (Wildman–Crippen LogP) is 4.06. The molecule has 0 aromatic heterocycles. The third kappa shape index (κ3) is 6.89. The second kappa shape index (κ2) is 9.74. The van der Waals surface area contributed by atoms with Gasteiger partial charge in [-0.25, -0.2) is 4.39 Å². The Labute approximate surface area is 152 Å². The lowest BCUT2D eigenvalue weighted by molar-refractivity contribution is 0.101. The average molecular weight is 365 g/mol. The van der Waals surface area contributed by atoms with E-state index in [1.165, 1.54) is 19.1 Å². The molecule has 5 nitrogen and oxygen atoms in total. The summed E-state index contributed by atoms with van der Waals surface area (Å²) in [6.45, 7) is 5.65. The molecule has 0 unspecified atom stereocenters. The highest BCUT2D eigenvalue weighted by atomic mass is 35.5. The fourth-order valence-electron chi connectivity index (χ4n) is 2.04. The Hall–Kier alpha value is -2.47. The zero-order chi connectivity index (χ0) is 19.0. The molecule has 0 spiro atoms. The summed E-state index contributed by atoms with van der Waals surface area (Å²) in [7, 11) is 0. The van der Waals surface area contributed by atoms with E-state index in [-0.39, 0.29) is 22.9 Å². The van der Waals surface area contributed by atoms with Crippen LogP contribution in [0, 0.1) is 11.2 Å². The van der Waals surface area contributed by atoms with Crippen molar-refractivity contribution in [3.05, 3.63) is 53.1 Å². The van der Waals surface area contributed by atoms with Crippen LogP contribution in [0.3, 0.4) is 0 Å². The molecule has 0 saturated carbocycles. The van der Waals surface area contributed by atoms with E-state index in [1.54, 1.807) is 19.2 Å². The lowest BCUT2D eigenvalue weighted by Gasteiger charge is -2.09. The van der Waals surface area contributed by atoms with E-state index < -0.39 is 5.82 Å². The maximum Gasteiger partial charge on any atom is 0.162 e. The van der Waals surface area contributed by atoms with Gasteiger partial charge in [-0.1, -0.05) is 11.6 Å². The molecule has 0 aliphatic rings. The minimum absolute atomic E-state index is 0.123. The number of hydrogen-bond donors (Lipinski definition) is 3. The van der Waals surface area contributed by atoms with Crippen LogP contribution < -0.4 is 11.1 Å². The van der Waals surface area contributed by atoms with Gasteiger partial charge >= 0.3 is 0 Å². The van der Waals surface area contributed by atoms with Crippen molar-refractivity contribution in [3.8, 4) is 0 Å². The molecule has 0 heterocycles. The van der Waals surface area contributed by atoms with Crippen LogP contribution in [0.5, 0.6) is 0 Å². The Kier molecular flexibility index (Phi) is 8.01. The van der Waals surface area contributed by atoms with Crippen LogP contribution in [0.1, 0.15) is 37.6 Å². The molecule has 0 aliphatic heterocycles. The van der Waals surface area contributed by atoms with E-state index >= 15 is 0 Å². The monoisotopic (exact) mass is 364 g/mol. The lowest BCUT2D eigenvalue weighted by Crippen LogP contribution is -2.10. The van der Waals surface area contributed by atoms with Crippen molar-refractivity contribution in [1.29, 1.82) is 5.41 Å². The number of halogens is 2. The second-order valence-corrected chi connectivity index (χ2v) is 5.81. The first kappa shape index (κ1) is 20.6. The Morgan fingerprint density at radius 3 is 2.64 bits per heavy atom. The van der Waals surface area contributed by atoms with Crippen LogP contribution in [-0.2, 0) is 0 Å². The van der Waals surface area contributed by atoms with Crippen molar-refractivity contribution in [3.63, 3.8) is 0 Å². The first-order chi connectivity index (χ1) is 11.7. The fourth-order valence-corrected chi connectivity index (χ4v) is 2.16. The molecule has 25 heavy (non-hydrogen) atoms. The number of carbonyl (C=O) groups excluding carboxylic acids is 1. The molecular weight excluding hydrogens is 343 g/mol. The van der Waals surface area contributed by atoms with Gasteiger partial charge in [-0.2, -0.15) is 0 Å². The van der Waals surface area contributed by atoms with Gasteiger partial charge in [0, 0.05) is 41.7 Å². The normalized spacial score (nSPS) is 12.9. The van der Waals surface area contributed by atoms with Crippen molar-refractivity contribution >= 4 is 34.0 Å². The Morgan fingerprint density at radius 1 is 1.44 bits per heavy atom. The molecule has 1 aromatic carbocycles. The quantitative estimate of drug-likeness (QED) is 0.479. The van der Waals surface area contributed by atoms with Crippen molar-refractivity contribution in [1.82, 2.24) is 5.32 Å². The van der Waals surface area contributed by atoms with Crippen LogP contribution in [0.2, 0.25) is 0 Å². The molecule has 0 atom stereocenters.